The van der Waals surface area contributed by atoms with Crippen molar-refractivity contribution >= 4 is 33.6 Å². The molecule has 31 heavy (non-hydrogen) atoms. The third-order valence-electron chi connectivity index (χ3n) is 4.74. The summed E-state index contributed by atoms with van der Waals surface area (Å²) in [6, 6.07) is 11.4. The van der Waals surface area contributed by atoms with E-state index in [0.29, 0.717) is 29.2 Å². The highest BCUT2D eigenvalue weighted by atomic mass is 32.3. The van der Waals surface area contributed by atoms with Crippen LogP contribution in [0.3, 0.4) is 0 Å². The Kier molecular flexibility index (Phi) is 6.21. The zero-order valence-corrected chi connectivity index (χ0v) is 17.8. The molecule has 0 spiro atoms. The number of hydrogen-bond donors (Lipinski definition) is 3. The van der Waals surface area contributed by atoms with Crippen LogP contribution in [0.25, 0.3) is 11.1 Å². The number of hydrogen-bond acceptors (Lipinski definition) is 7. The topological polar surface area (TPSA) is 141 Å². The van der Waals surface area contributed by atoms with Gasteiger partial charge in [-0.05, 0) is 55.2 Å². The van der Waals surface area contributed by atoms with Crippen molar-refractivity contribution in [3.8, 4) is 11.1 Å². The fraction of sp³-hybridized carbons (Fsp3) is 0.190. The Bertz CT molecular complexity index is 1220. The second-order valence-electron chi connectivity index (χ2n) is 7.09. The van der Waals surface area contributed by atoms with E-state index >= 15 is 0 Å². The number of amides is 1. The van der Waals surface area contributed by atoms with Gasteiger partial charge < -0.3 is 16.8 Å². The number of anilines is 3. The number of rotatable bonds is 6. The second-order valence-corrected chi connectivity index (χ2v) is 8.41. The summed E-state index contributed by atoms with van der Waals surface area (Å²) in [7, 11) is -4.79. The van der Waals surface area contributed by atoms with E-state index in [-0.39, 0.29) is 23.8 Å². The molecule has 0 unspecified atom stereocenters. The monoisotopic (exact) mass is 443 g/mol. The molecule has 8 nitrogen and oxygen atoms in total. The number of carbonyl (C=O) groups excluding carboxylic acids is 1. The molecule has 2 aromatic carbocycles. The Hall–Kier alpha value is -3.53. The van der Waals surface area contributed by atoms with Crippen molar-refractivity contribution in [2.75, 3.05) is 16.8 Å². The number of nitrogens with one attached hydrogen (secondary N) is 1. The maximum Gasteiger partial charge on any atom is 0.332 e. The first-order valence-corrected chi connectivity index (χ1v) is 10.8. The fourth-order valence-corrected chi connectivity index (χ4v) is 3.97. The van der Waals surface area contributed by atoms with Crippen LogP contribution in [0.5, 0.6) is 0 Å². The third-order valence-corrected chi connectivity index (χ3v) is 5.72. The number of halogens is 1. The van der Waals surface area contributed by atoms with Crippen molar-refractivity contribution < 1.29 is 17.1 Å². The molecule has 0 atom stereocenters. The first-order chi connectivity index (χ1) is 14.5. The highest BCUT2D eigenvalue weighted by Gasteiger charge is 2.16. The van der Waals surface area contributed by atoms with Crippen LogP contribution in [0.2, 0.25) is 0 Å². The first-order valence-electron chi connectivity index (χ1n) is 9.38. The van der Waals surface area contributed by atoms with Crippen molar-refractivity contribution in [3.05, 3.63) is 59.3 Å². The Morgan fingerprint density at radius 2 is 1.74 bits per heavy atom. The van der Waals surface area contributed by atoms with Gasteiger partial charge in [-0.2, -0.15) is 13.4 Å². The van der Waals surface area contributed by atoms with Crippen LogP contribution in [-0.4, -0.2) is 24.3 Å². The van der Waals surface area contributed by atoms with Gasteiger partial charge in [-0.3, -0.25) is 4.79 Å². The number of nitrogen functional groups attached to an aromatic ring is 2. The van der Waals surface area contributed by atoms with Gasteiger partial charge in [0.1, 0.15) is 10.7 Å². The summed E-state index contributed by atoms with van der Waals surface area (Å²) in [6.07, 6.45) is 0.711. The van der Waals surface area contributed by atoms with Crippen LogP contribution in [-0.2, 0) is 21.4 Å². The molecule has 3 rings (SSSR count). The molecule has 1 aromatic heterocycles. The van der Waals surface area contributed by atoms with E-state index in [4.69, 9.17) is 11.5 Å². The minimum atomic E-state index is -4.79. The molecule has 0 aliphatic carbocycles. The molecule has 0 bridgehead atoms. The van der Waals surface area contributed by atoms with Crippen molar-refractivity contribution in [2.45, 2.75) is 31.6 Å². The van der Waals surface area contributed by atoms with Crippen molar-refractivity contribution in [3.63, 3.8) is 0 Å². The van der Waals surface area contributed by atoms with E-state index in [0.717, 1.165) is 17.2 Å². The average molecular weight is 444 g/mol. The number of aryl methyl sites for hydroxylation is 3. The molecule has 162 valence electrons. The maximum absolute atomic E-state index is 13.1. The normalized spacial score (nSPS) is 11.3. The minimum absolute atomic E-state index is 0.123. The number of benzene rings is 2. The Labute approximate surface area is 179 Å². The zero-order valence-electron chi connectivity index (χ0n) is 17.0. The lowest BCUT2D eigenvalue weighted by molar-refractivity contribution is -0.116. The van der Waals surface area contributed by atoms with Gasteiger partial charge in [0.25, 0.3) is 0 Å². The van der Waals surface area contributed by atoms with Crippen molar-refractivity contribution in [1.29, 1.82) is 0 Å². The van der Waals surface area contributed by atoms with Crippen LogP contribution in [0.1, 0.15) is 23.2 Å². The highest BCUT2D eigenvalue weighted by Crippen LogP contribution is 2.28. The molecule has 0 aliphatic heterocycles. The molecule has 3 aromatic rings. The Morgan fingerprint density at radius 3 is 2.32 bits per heavy atom. The standard InChI is InChI=1S/C21H22FN5O3S/c1-12-11-16(8-9-17(12)31(22,29)30)26-18(28)10-5-14-3-6-15(7-4-14)19-13(2)25-21(24)27-20(19)23/h3-4,6-9,11H,5,10H2,1-2H3,(H,26,28)(H4,23,24,25,27). The van der Waals surface area contributed by atoms with Gasteiger partial charge in [-0.1, -0.05) is 24.3 Å². The highest BCUT2D eigenvalue weighted by molar-refractivity contribution is 7.86. The molecular weight excluding hydrogens is 421 g/mol. The zero-order chi connectivity index (χ0) is 22.8. The second kappa shape index (κ2) is 8.68. The quantitative estimate of drug-likeness (QED) is 0.497. The molecule has 0 fully saturated rings. The lowest BCUT2D eigenvalue weighted by atomic mass is 10.0. The molecule has 1 amide bonds. The molecule has 0 saturated carbocycles. The van der Waals surface area contributed by atoms with Gasteiger partial charge in [-0.25, -0.2) is 4.98 Å². The van der Waals surface area contributed by atoms with Gasteiger partial charge in [0.2, 0.25) is 11.9 Å². The van der Waals surface area contributed by atoms with Gasteiger partial charge in [0.05, 0.1) is 5.69 Å². The van der Waals surface area contributed by atoms with E-state index in [1.807, 2.05) is 24.3 Å². The van der Waals surface area contributed by atoms with Crippen molar-refractivity contribution in [2.24, 2.45) is 0 Å². The van der Waals surface area contributed by atoms with Crippen LogP contribution in [0, 0.1) is 13.8 Å². The van der Waals surface area contributed by atoms with Gasteiger partial charge >= 0.3 is 10.2 Å². The summed E-state index contributed by atoms with van der Waals surface area (Å²) < 4.78 is 35.2. The van der Waals surface area contributed by atoms with Crippen LogP contribution in [0.15, 0.2) is 47.4 Å². The van der Waals surface area contributed by atoms with E-state index in [1.165, 1.54) is 19.1 Å². The summed E-state index contributed by atoms with van der Waals surface area (Å²) in [6.45, 7) is 3.27. The molecule has 1 heterocycles. The summed E-state index contributed by atoms with van der Waals surface area (Å²) in [5.74, 6) is 0.183. The largest absolute Gasteiger partial charge is 0.383 e. The molecule has 0 saturated heterocycles. The smallest absolute Gasteiger partial charge is 0.332 e. The molecule has 10 heteroatoms. The Balaban J connectivity index is 1.63. The number of nitrogens with zero attached hydrogens (tertiary/aromatic N) is 2. The average Bonchev–Trinajstić information content (AvgIpc) is 2.65. The lowest BCUT2D eigenvalue weighted by Crippen LogP contribution is -2.12. The van der Waals surface area contributed by atoms with Crippen LogP contribution >= 0.6 is 0 Å². The van der Waals surface area contributed by atoms with Gasteiger partial charge in [0, 0.05) is 17.7 Å². The van der Waals surface area contributed by atoms with E-state index in [2.05, 4.69) is 15.3 Å². The molecule has 5 N–H and O–H groups in total. The maximum atomic E-state index is 13.1. The fourth-order valence-electron chi connectivity index (χ4n) is 3.29. The predicted octanol–water partition coefficient (Wildman–Crippen LogP) is 3.15. The minimum Gasteiger partial charge on any atom is -0.383 e. The lowest BCUT2D eigenvalue weighted by Gasteiger charge is -2.10. The van der Waals surface area contributed by atoms with Gasteiger partial charge in [0.15, 0.2) is 0 Å². The number of carbonyl (C=O) groups is 1. The summed E-state index contributed by atoms with van der Waals surface area (Å²) >= 11 is 0. The molecule has 0 radical (unpaired) electrons. The predicted molar refractivity (Wildman–Crippen MR) is 117 cm³/mol. The summed E-state index contributed by atoms with van der Waals surface area (Å²) in [5.41, 5.74) is 15.4. The van der Waals surface area contributed by atoms with Crippen LogP contribution in [0.4, 0.5) is 21.3 Å². The molecule has 0 aliphatic rings. The molecular formula is C21H22FN5O3S. The van der Waals surface area contributed by atoms with E-state index < -0.39 is 15.1 Å². The number of nitrogens with two attached hydrogens (primary N) is 2. The Morgan fingerprint density at radius 1 is 1.06 bits per heavy atom. The van der Waals surface area contributed by atoms with E-state index in [1.54, 1.807) is 6.92 Å². The third kappa shape index (κ3) is 5.34. The number of aromatic nitrogens is 2. The van der Waals surface area contributed by atoms with Crippen LogP contribution < -0.4 is 16.8 Å². The summed E-state index contributed by atoms with van der Waals surface area (Å²) in [5, 5.41) is 2.69. The SMILES string of the molecule is Cc1cc(NC(=O)CCc2ccc(-c3c(C)nc(N)nc3N)cc2)ccc1S(=O)(=O)F. The first kappa shape index (κ1) is 22.2. The van der Waals surface area contributed by atoms with Crippen molar-refractivity contribution in [1.82, 2.24) is 9.97 Å². The van der Waals surface area contributed by atoms with E-state index in [9.17, 15) is 17.1 Å². The summed E-state index contributed by atoms with van der Waals surface area (Å²) in [4.78, 5) is 20.0. The van der Waals surface area contributed by atoms with Gasteiger partial charge in [-0.15, -0.1) is 3.89 Å².